The van der Waals surface area contributed by atoms with Crippen molar-refractivity contribution < 1.29 is 4.52 Å². The van der Waals surface area contributed by atoms with Crippen molar-refractivity contribution in [2.24, 2.45) is 0 Å². The second-order valence-corrected chi connectivity index (χ2v) is 6.84. The smallest absolute Gasteiger partial charge is 0.223 e. The maximum atomic E-state index is 4.93. The fourth-order valence-electron chi connectivity index (χ4n) is 1.73. The van der Waals surface area contributed by atoms with Crippen LogP contribution >= 0.6 is 11.3 Å². The molecule has 5 heteroatoms. The molecule has 19 heavy (non-hydrogen) atoms. The maximum absolute atomic E-state index is 4.93. The lowest BCUT2D eigenvalue weighted by molar-refractivity contribution is 0.387. The molecular weight excluding hydrogens is 258 g/mol. The van der Waals surface area contributed by atoms with E-state index >= 15 is 0 Å². The molecule has 0 saturated carbocycles. The van der Waals surface area contributed by atoms with E-state index in [0.717, 1.165) is 25.3 Å². The lowest BCUT2D eigenvalue weighted by atomic mass is 9.95. The Balaban J connectivity index is 1.75. The van der Waals surface area contributed by atoms with Gasteiger partial charge in [-0.25, -0.2) is 0 Å². The Hall–Kier alpha value is -1.20. The number of aromatic nitrogens is 2. The molecule has 0 aromatic carbocycles. The summed E-state index contributed by atoms with van der Waals surface area (Å²) in [5.41, 5.74) is 0.241. The number of hydrogen-bond acceptors (Lipinski definition) is 5. The van der Waals surface area contributed by atoms with Gasteiger partial charge in [0.25, 0.3) is 0 Å². The van der Waals surface area contributed by atoms with Gasteiger partial charge in [0.05, 0.1) is 0 Å². The van der Waals surface area contributed by atoms with Crippen molar-refractivity contribution in [3.05, 3.63) is 33.6 Å². The van der Waals surface area contributed by atoms with E-state index in [2.05, 4.69) is 48.4 Å². The van der Waals surface area contributed by atoms with Crippen molar-refractivity contribution in [1.29, 1.82) is 0 Å². The number of aryl methyl sites for hydroxylation is 1. The van der Waals surface area contributed by atoms with Crippen LogP contribution in [-0.4, -0.2) is 16.7 Å². The second kappa shape index (κ2) is 5.84. The highest BCUT2D eigenvalue weighted by molar-refractivity contribution is 7.12. The molecule has 0 fully saturated rings. The molecule has 1 N–H and O–H groups in total. The summed E-state index contributed by atoms with van der Waals surface area (Å²) >= 11 is 1.88. The van der Waals surface area contributed by atoms with Gasteiger partial charge in [-0.3, -0.25) is 0 Å². The Kier molecular flexibility index (Phi) is 4.37. The van der Waals surface area contributed by atoms with E-state index in [4.69, 9.17) is 4.52 Å². The van der Waals surface area contributed by atoms with Gasteiger partial charge in [0.2, 0.25) is 5.89 Å². The molecule has 0 aliphatic carbocycles. The Morgan fingerprint density at radius 2 is 2.11 bits per heavy atom. The number of thiophene rings is 1. The van der Waals surface area contributed by atoms with Crippen LogP contribution in [0.4, 0.5) is 0 Å². The largest absolute Gasteiger partial charge is 0.340 e. The summed E-state index contributed by atoms with van der Waals surface area (Å²) in [5, 5.41) is 7.29. The summed E-state index contributed by atoms with van der Waals surface area (Å²) in [6.45, 7) is 10.3. The van der Waals surface area contributed by atoms with Crippen molar-refractivity contribution in [2.45, 2.75) is 46.1 Å². The first-order chi connectivity index (χ1) is 8.95. The number of nitrogens with one attached hydrogen (secondary N) is 1. The van der Waals surface area contributed by atoms with E-state index in [-0.39, 0.29) is 5.41 Å². The van der Waals surface area contributed by atoms with Crippen LogP contribution in [0.2, 0.25) is 0 Å². The first-order valence-corrected chi connectivity index (χ1v) is 7.36. The minimum Gasteiger partial charge on any atom is -0.340 e. The summed E-state index contributed by atoms with van der Waals surface area (Å²) in [7, 11) is 0. The third-order valence-corrected chi connectivity index (χ3v) is 4.31. The standard InChI is InChI=1S/C14H21N3OS/c1-10-16-13(17-18-10)7-8-15-9-11-5-6-12(19-11)14(2,3)4/h5-6,15H,7-9H2,1-4H3. The van der Waals surface area contributed by atoms with E-state index in [9.17, 15) is 0 Å². The number of hydrogen-bond donors (Lipinski definition) is 1. The minimum atomic E-state index is 0.241. The third kappa shape index (κ3) is 4.14. The monoisotopic (exact) mass is 279 g/mol. The molecule has 2 rings (SSSR count). The quantitative estimate of drug-likeness (QED) is 0.855. The molecule has 0 aliphatic heterocycles. The third-order valence-electron chi connectivity index (χ3n) is 2.80. The Bertz CT molecular complexity index is 525. The van der Waals surface area contributed by atoms with E-state index in [1.807, 2.05) is 18.3 Å². The molecule has 0 radical (unpaired) electrons. The van der Waals surface area contributed by atoms with E-state index < -0.39 is 0 Å². The van der Waals surface area contributed by atoms with Crippen molar-refractivity contribution >= 4 is 11.3 Å². The van der Waals surface area contributed by atoms with E-state index in [1.54, 1.807) is 0 Å². The average molecular weight is 279 g/mol. The molecule has 2 heterocycles. The van der Waals surface area contributed by atoms with E-state index in [0.29, 0.717) is 5.89 Å². The first-order valence-electron chi connectivity index (χ1n) is 6.54. The Morgan fingerprint density at radius 1 is 1.32 bits per heavy atom. The zero-order chi connectivity index (χ0) is 13.9. The number of rotatable bonds is 5. The fraction of sp³-hybridized carbons (Fsp3) is 0.571. The molecule has 0 amide bonds. The van der Waals surface area contributed by atoms with Crippen LogP contribution in [0, 0.1) is 6.92 Å². The van der Waals surface area contributed by atoms with Crippen molar-refractivity contribution in [3.8, 4) is 0 Å². The highest BCUT2D eigenvalue weighted by Gasteiger charge is 2.15. The van der Waals surface area contributed by atoms with Crippen LogP contribution in [0.3, 0.4) is 0 Å². The summed E-state index contributed by atoms with van der Waals surface area (Å²) in [6, 6.07) is 4.43. The van der Waals surface area contributed by atoms with Gasteiger partial charge < -0.3 is 9.84 Å². The van der Waals surface area contributed by atoms with Gasteiger partial charge in [-0.1, -0.05) is 25.9 Å². The van der Waals surface area contributed by atoms with Gasteiger partial charge in [-0.2, -0.15) is 4.98 Å². The van der Waals surface area contributed by atoms with Crippen molar-refractivity contribution in [2.75, 3.05) is 6.54 Å². The minimum absolute atomic E-state index is 0.241. The average Bonchev–Trinajstić information content (AvgIpc) is 2.93. The lowest BCUT2D eigenvalue weighted by Gasteiger charge is -2.15. The van der Waals surface area contributed by atoms with Gasteiger partial charge in [0.1, 0.15) is 0 Å². The van der Waals surface area contributed by atoms with Crippen molar-refractivity contribution in [1.82, 2.24) is 15.5 Å². The topological polar surface area (TPSA) is 51.0 Å². The van der Waals surface area contributed by atoms with Crippen LogP contribution in [0.15, 0.2) is 16.7 Å². The van der Waals surface area contributed by atoms with Crippen LogP contribution < -0.4 is 5.32 Å². The second-order valence-electron chi connectivity index (χ2n) is 5.67. The van der Waals surface area contributed by atoms with Crippen LogP contribution in [0.5, 0.6) is 0 Å². The van der Waals surface area contributed by atoms with Gasteiger partial charge in [0, 0.05) is 36.2 Å². The Morgan fingerprint density at radius 3 is 2.68 bits per heavy atom. The maximum Gasteiger partial charge on any atom is 0.223 e. The van der Waals surface area contributed by atoms with Gasteiger partial charge >= 0.3 is 0 Å². The summed E-state index contributed by atoms with van der Waals surface area (Å²) in [6.07, 6.45) is 0.800. The highest BCUT2D eigenvalue weighted by atomic mass is 32.1. The van der Waals surface area contributed by atoms with Crippen LogP contribution in [0.25, 0.3) is 0 Å². The molecule has 4 nitrogen and oxygen atoms in total. The molecule has 0 atom stereocenters. The molecule has 104 valence electrons. The zero-order valence-corrected chi connectivity index (χ0v) is 12.8. The lowest BCUT2D eigenvalue weighted by Crippen LogP contribution is -2.16. The number of nitrogens with zero attached hydrogens (tertiary/aromatic N) is 2. The normalized spacial score (nSPS) is 12.0. The Labute approximate surface area is 118 Å². The van der Waals surface area contributed by atoms with Gasteiger partial charge in [-0.15, -0.1) is 11.3 Å². The summed E-state index contributed by atoms with van der Waals surface area (Å²) in [4.78, 5) is 6.97. The predicted molar refractivity (Wildman–Crippen MR) is 77.5 cm³/mol. The van der Waals surface area contributed by atoms with Gasteiger partial charge in [0.15, 0.2) is 5.82 Å². The molecule has 2 aromatic rings. The van der Waals surface area contributed by atoms with E-state index in [1.165, 1.54) is 9.75 Å². The highest BCUT2D eigenvalue weighted by Crippen LogP contribution is 2.29. The fourth-order valence-corrected chi connectivity index (χ4v) is 2.77. The van der Waals surface area contributed by atoms with Crippen molar-refractivity contribution in [3.63, 3.8) is 0 Å². The molecule has 0 saturated heterocycles. The molecular formula is C14H21N3OS. The molecule has 0 aliphatic rings. The molecule has 0 bridgehead atoms. The van der Waals surface area contributed by atoms with Crippen LogP contribution in [-0.2, 0) is 18.4 Å². The zero-order valence-electron chi connectivity index (χ0n) is 12.0. The SMILES string of the molecule is Cc1nc(CCNCc2ccc(C(C)(C)C)s2)no1. The molecule has 2 aromatic heterocycles. The van der Waals surface area contributed by atoms with Gasteiger partial charge in [-0.05, 0) is 17.5 Å². The van der Waals surface area contributed by atoms with Crippen LogP contribution in [0.1, 0.15) is 42.2 Å². The first kappa shape index (κ1) is 14.2. The summed E-state index contributed by atoms with van der Waals surface area (Å²) in [5.74, 6) is 1.40. The summed E-state index contributed by atoms with van der Waals surface area (Å²) < 4.78 is 4.93. The molecule has 0 unspecified atom stereocenters. The predicted octanol–water partition coefficient (Wildman–Crippen LogP) is 3.07. The molecule has 0 spiro atoms.